The number of aliphatic hydroxyl groups excluding tert-OH is 1. The highest BCUT2D eigenvalue weighted by molar-refractivity contribution is 6.46. The number of hydrogen-bond donors (Lipinski definition) is 2. The van der Waals surface area contributed by atoms with Gasteiger partial charge >= 0.3 is 0 Å². The Bertz CT molecular complexity index is 1210. The SMILES string of the molecule is CCCCCN1C(=O)C(=O)/C(=C(/O)c2ccc(OC)c(C)c2)C1c1c[nH]c2ccccc12. The molecule has 0 bridgehead atoms. The van der Waals surface area contributed by atoms with Crippen molar-refractivity contribution in [3.63, 3.8) is 0 Å². The summed E-state index contributed by atoms with van der Waals surface area (Å²) in [4.78, 5) is 31.1. The van der Waals surface area contributed by atoms with Crippen molar-refractivity contribution in [2.45, 2.75) is 39.2 Å². The summed E-state index contributed by atoms with van der Waals surface area (Å²) >= 11 is 0. The molecule has 1 aliphatic heterocycles. The number of H-pyrrole nitrogens is 1. The van der Waals surface area contributed by atoms with Crippen molar-refractivity contribution in [1.29, 1.82) is 0 Å². The summed E-state index contributed by atoms with van der Waals surface area (Å²) in [7, 11) is 1.58. The van der Waals surface area contributed by atoms with Gasteiger partial charge in [0.15, 0.2) is 0 Å². The fraction of sp³-hybridized carbons (Fsp3) is 0.308. The Morgan fingerprint density at radius 2 is 1.94 bits per heavy atom. The summed E-state index contributed by atoms with van der Waals surface area (Å²) in [6.07, 6.45) is 4.60. The lowest BCUT2D eigenvalue weighted by Crippen LogP contribution is -2.30. The molecule has 2 aromatic carbocycles. The molecule has 2 heterocycles. The molecule has 2 N–H and O–H groups in total. The predicted molar refractivity (Wildman–Crippen MR) is 125 cm³/mol. The van der Waals surface area contributed by atoms with E-state index in [1.54, 1.807) is 30.2 Å². The van der Waals surface area contributed by atoms with Crippen LogP contribution in [0.4, 0.5) is 0 Å². The zero-order chi connectivity index (χ0) is 22.8. The van der Waals surface area contributed by atoms with Gasteiger partial charge in [-0.1, -0.05) is 38.0 Å². The average molecular weight is 433 g/mol. The number of Topliss-reactive ketones (excluding diaryl/α,β-unsaturated/α-hetero) is 1. The number of amides is 1. The maximum absolute atomic E-state index is 13.2. The van der Waals surface area contributed by atoms with Gasteiger partial charge in [-0.15, -0.1) is 0 Å². The van der Waals surface area contributed by atoms with Crippen molar-refractivity contribution in [2.75, 3.05) is 13.7 Å². The number of rotatable bonds is 7. The lowest BCUT2D eigenvalue weighted by Gasteiger charge is -2.25. The maximum atomic E-state index is 13.2. The minimum Gasteiger partial charge on any atom is -0.507 e. The standard InChI is InChI=1S/C26H28N2O4/c1-4-5-8-13-28-23(19-15-27-20-10-7-6-9-18(19)20)22(25(30)26(28)31)24(29)17-11-12-21(32-3)16(2)14-17/h6-7,9-12,14-15,23,27,29H,4-5,8,13H2,1-3H3/b24-22+. The molecule has 166 valence electrons. The maximum Gasteiger partial charge on any atom is 0.295 e. The Labute approximate surface area is 187 Å². The van der Waals surface area contributed by atoms with E-state index in [1.165, 1.54) is 0 Å². The Morgan fingerprint density at radius 1 is 1.16 bits per heavy atom. The quantitative estimate of drug-likeness (QED) is 0.236. The van der Waals surface area contributed by atoms with Crippen molar-refractivity contribution >= 4 is 28.4 Å². The minimum absolute atomic E-state index is 0.126. The molecule has 1 atom stereocenters. The Kier molecular flexibility index (Phi) is 6.04. The van der Waals surface area contributed by atoms with Gasteiger partial charge in [0.2, 0.25) is 0 Å². The number of nitrogens with one attached hydrogen (secondary N) is 1. The molecule has 32 heavy (non-hydrogen) atoms. The van der Waals surface area contributed by atoms with Crippen LogP contribution in [-0.4, -0.2) is 40.3 Å². The number of hydrogen-bond acceptors (Lipinski definition) is 4. The van der Waals surface area contributed by atoms with E-state index in [0.717, 1.165) is 41.3 Å². The van der Waals surface area contributed by atoms with Gasteiger partial charge in [0, 0.05) is 34.8 Å². The summed E-state index contributed by atoms with van der Waals surface area (Å²) in [5, 5.41) is 12.2. The number of ketones is 1. The third-order valence-electron chi connectivity index (χ3n) is 6.13. The monoisotopic (exact) mass is 432 g/mol. The molecule has 1 aliphatic rings. The average Bonchev–Trinajstić information content (AvgIpc) is 3.33. The second-order valence-corrected chi connectivity index (χ2v) is 8.17. The van der Waals surface area contributed by atoms with Crippen molar-refractivity contribution in [2.24, 2.45) is 0 Å². The van der Waals surface area contributed by atoms with E-state index in [-0.39, 0.29) is 11.3 Å². The number of methoxy groups -OCH3 is 1. The zero-order valence-corrected chi connectivity index (χ0v) is 18.6. The van der Waals surface area contributed by atoms with Crippen LogP contribution in [0.15, 0.2) is 54.2 Å². The Balaban J connectivity index is 1.88. The molecule has 4 rings (SSSR count). The highest BCUT2D eigenvalue weighted by Gasteiger charge is 2.46. The normalized spacial score (nSPS) is 18.0. The van der Waals surface area contributed by atoms with E-state index in [0.29, 0.717) is 17.9 Å². The molecular weight excluding hydrogens is 404 g/mol. The molecule has 0 saturated carbocycles. The van der Waals surface area contributed by atoms with Crippen LogP contribution in [0.5, 0.6) is 5.75 Å². The van der Waals surface area contributed by atoms with Crippen LogP contribution < -0.4 is 4.74 Å². The molecule has 3 aromatic rings. The van der Waals surface area contributed by atoms with E-state index >= 15 is 0 Å². The second kappa shape index (κ2) is 8.91. The minimum atomic E-state index is -0.650. The largest absolute Gasteiger partial charge is 0.507 e. The van der Waals surface area contributed by atoms with Gasteiger partial charge in [-0.05, 0) is 43.2 Å². The number of carbonyl (C=O) groups is 2. The molecule has 0 radical (unpaired) electrons. The Morgan fingerprint density at radius 3 is 2.66 bits per heavy atom. The van der Waals surface area contributed by atoms with Crippen LogP contribution in [0.3, 0.4) is 0 Å². The van der Waals surface area contributed by atoms with Crippen molar-refractivity contribution in [3.05, 3.63) is 70.9 Å². The number of fused-ring (bicyclic) bond motifs is 1. The number of para-hydroxylation sites is 1. The molecule has 1 amide bonds. The van der Waals surface area contributed by atoms with Crippen LogP contribution in [-0.2, 0) is 9.59 Å². The molecule has 0 spiro atoms. The number of aliphatic hydroxyl groups is 1. The van der Waals surface area contributed by atoms with Gasteiger partial charge < -0.3 is 19.7 Å². The summed E-state index contributed by atoms with van der Waals surface area (Å²) in [5.74, 6) is -0.692. The topological polar surface area (TPSA) is 82.6 Å². The van der Waals surface area contributed by atoms with E-state index < -0.39 is 17.7 Å². The number of carbonyl (C=O) groups excluding carboxylic acids is 2. The smallest absolute Gasteiger partial charge is 0.295 e. The lowest BCUT2D eigenvalue weighted by molar-refractivity contribution is -0.139. The van der Waals surface area contributed by atoms with Crippen LogP contribution in [0.25, 0.3) is 16.7 Å². The fourth-order valence-corrected chi connectivity index (χ4v) is 4.47. The first-order valence-electron chi connectivity index (χ1n) is 11.0. The molecule has 0 aliphatic carbocycles. The zero-order valence-electron chi connectivity index (χ0n) is 18.6. The predicted octanol–water partition coefficient (Wildman–Crippen LogP) is 5.10. The van der Waals surface area contributed by atoms with Gasteiger partial charge in [0.1, 0.15) is 11.5 Å². The number of aromatic nitrogens is 1. The first kappa shape index (κ1) is 21.7. The molecule has 1 aromatic heterocycles. The van der Waals surface area contributed by atoms with Crippen molar-refractivity contribution in [1.82, 2.24) is 9.88 Å². The number of benzene rings is 2. The lowest BCUT2D eigenvalue weighted by atomic mass is 9.94. The van der Waals surface area contributed by atoms with E-state index in [1.807, 2.05) is 37.4 Å². The third-order valence-corrected chi connectivity index (χ3v) is 6.13. The molecule has 6 heteroatoms. The first-order valence-corrected chi connectivity index (χ1v) is 11.0. The number of nitrogens with zero attached hydrogens (tertiary/aromatic N) is 1. The van der Waals surface area contributed by atoms with Crippen LogP contribution in [0.1, 0.15) is 48.9 Å². The fourth-order valence-electron chi connectivity index (χ4n) is 4.47. The van der Waals surface area contributed by atoms with Gasteiger partial charge in [-0.2, -0.15) is 0 Å². The number of likely N-dealkylation sites (tertiary alicyclic amines) is 1. The Hall–Kier alpha value is -3.54. The van der Waals surface area contributed by atoms with Gasteiger partial charge in [-0.25, -0.2) is 0 Å². The van der Waals surface area contributed by atoms with Crippen LogP contribution in [0.2, 0.25) is 0 Å². The number of aromatic amines is 1. The van der Waals surface area contributed by atoms with E-state index in [2.05, 4.69) is 11.9 Å². The van der Waals surface area contributed by atoms with Gasteiger partial charge in [0.25, 0.3) is 11.7 Å². The summed E-state index contributed by atoms with van der Waals surface area (Å²) in [5.41, 5.74) is 3.17. The van der Waals surface area contributed by atoms with Crippen LogP contribution >= 0.6 is 0 Å². The van der Waals surface area contributed by atoms with Crippen molar-refractivity contribution < 1.29 is 19.4 Å². The summed E-state index contributed by atoms with van der Waals surface area (Å²) < 4.78 is 5.31. The molecule has 6 nitrogen and oxygen atoms in total. The summed E-state index contributed by atoms with van der Waals surface area (Å²) in [6.45, 7) is 4.42. The number of aryl methyl sites for hydroxylation is 1. The van der Waals surface area contributed by atoms with Gasteiger partial charge in [-0.3, -0.25) is 9.59 Å². The van der Waals surface area contributed by atoms with Crippen LogP contribution in [0, 0.1) is 6.92 Å². The molecule has 1 saturated heterocycles. The van der Waals surface area contributed by atoms with E-state index in [4.69, 9.17) is 4.74 Å². The second-order valence-electron chi connectivity index (χ2n) is 8.17. The van der Waals surface area contributed by atoms with Gasteiger partial charge in [0.05, 0.1) is 18.7 Å². The third kappa shape index (κ3) is 3.66. The molecule has 1 fully saturated rings. The summed E-state index contributed by atoms with van der Waals surface area (Å²) in [6, 6.07) is 12.4. The highest BCUT2D eigenvalue weighted by atomic mass is 16.5. The number of unbranched alkanes of at least 4 members (excludes halogenated alkanes) is 2. The van der Waals surface area contributed by atoms with E-state index in [9.17, 15) is 14.7 Å². The molecular formula is C26H28N2O4. The number of ether oxygens (including phenoxy) is 1. The first-order chi connectivity index (χ1) is 15.5. The highest BCUT2D eigenvalue weighted by Crippen LogP contribution is 2.42. The molecule has 1 unspecified atom stereocenters. The van der Waals surface area contributed by atoms with Crippen molar-refractivity contribution in [3.8, 4) is 5.75 Å².